The molecule has 2 aromatic rings. The summed E-state index contributed by atoms with van der Waals surface area (Å²) in [6.45, 7) is 3.12. The molecule has 0 fully saturated rings. The van der Waals surface area contributed by atoms with Crippen molar-refractivity contribution >= 4 is 11.6 Å². The van der Waals surface area contributed by atoms with Gasteiger partial charge in [0.25, 0.3) is 0 Å². The van der Waals surface area contributed by atoms with E-state index < -0.39 is 0 Å². The van der Waals surface area contributed by atoms with Crippen molar-refractivity contribution in [3.8, 4) is 11.5 Å². The van der Waals surface area contributed by atoms with E-state index in [2.05, 4.69) is 5.10 Å². The summed E-state index contributed by atoms with van der Waals surface area (Å²) in [5.74, 6) is 1.89. The molecular formula is C15H19ClN2O2. The predicted octanol–water partition coefficient (Wildman–Crippen LogP) is 3.18. The summed E-state index contributed by atoms with van der Waals surface area (Å²) >= 11 is 5.96. The van der Waals surface area contributed by atoms with E-state index in [-0.39, 0.29) is 0 Å². The minimum Gasteiger partial charge on any atom is -0.490 e. The van der Waals surface area contributed by atoms with Crippen LogP contribution in [0.2, 0.25) is 0 Å². The highest BCUT2D eigenvalue weighted by atomic mass is 35.5. The summed E-state index contributed by atoms with van der Waals surface area (Å²) < 4.78 is 13.3. The van der Waals surface area contributed by atoms with Gasteiger partial charge >= 0.3 is 0 Å². The molecule has 108 valence electrons. The second-order valence-corrected chi connectivity index (χ2v) is 4.62. The first-order valence-electron chi connectivity index (χ1n) is 6.66. The Morgan fingerprint density at radius 1 is 1.25 bits per heavy atom. The first-order chi connectivity index (χ1) is 9.76. The summed E-state index contributed by atoms with van der Waals surface area (Å²) in [5.41, 5.74) is 2.08. The third-order valence-corrected chi connectivity index (χ3v) is 3.32. The standard InChI is InChI=1S/C15H19ClN2O2/c1-3-19-14-6-4-5-12(11-16)15(14)20-10-8-13-7-9-17-18(13)2/h4-7,9H,3,8,10-11H2,1-2H3. The van der Waals surface area contributed by atoms with Gasteiger partial charge in [0, 0.05) is 30.9 Å². The Hall–Kier alpha value is -1.68. The molecule has 2 rings (SSSR count). The van der Waals surface area contributed by atoms with E-state index in [4.69, 9.17) is 21.1 Å². The van der Waals surface area contributed by atoms with Crippen LogP contribution in [0.25, 0.3) is 0 Å². The number of alkyl halides is 1. The predicted molar refractivity (Wildman–Crippen MR) is 79.6 cm³/mol. The molecule has 0 aliphatic carbocycles. The molecule has 0 radical (unpaired) electrons. The van der Waals surface area contributed by atoms with Crippen LogP contribution < -0.4 is 9.47 Å². The number of halogens is 1. The van der Waals surface area contributed by atoms with Crippen LogP contribution in [0.5, 0.6) is 11.5 Å². The summed E-state index contributed by atoms with van der Waals surface area (Å²) in [6.07, 6.45) is 2.58. The zero-order valence-corrected chi connectivity index (χ0v) is 12.6. The normalized spacial score (nSPS) is 10.6. The van der Waals surface area contributed by atoms with E-state index in [1.165, 1.54) is 0 Å². The van der Waals surface area contributed by atoms with Gasteiger partial charge in [-0.2, -0.15) is 5.10 Å². The van der Waals surface area contributed by atoms with Crippen molar-refractivity contribution in [1.29, 1.82) is 0 Å². The first kappa shape index (κ1) is 14.7. The molecule has 0 aliphatic rings. The van der Waals surface area contributed by atoms with E-state index in [0.29, 0.717) is 19.1 Å². The van der Waals surface area contributed by atoms with Crippen LogP contribution >= 0.6 is 11.6 Å². The van der Waals surface area contributed by atoms with Crippen LogP contribution in [0, 0.1) is 0 Å². The van der Waals surface area contributed by atoms with Crippen LogP contribution in [0.1, 0.15) is 18.2 Å². The van der Waals surface area contributed by atoms with E-state index >= 15 is 0 Å². The first-order valence-corrected chi connectivity index (χ1v) is 7.20. The summed E-state index contributed by atoms with van der Waals surface area (Å²) in [7, 11) is 1.92. The van der Waals surface area contributed by atoms with Gasteiger partial charge < -0.3 is 9.47 Å². The monoisotopic (exact) mass is 294 g/mol. The van der Waals surface area contributed by atoms with Crippen molar-refractivity contribution in [3.63, 3.8) is 0 Å². The minimum atomic E-state index is 0.405. The third kappa shape index (κ3) is 3.45. The average molecular weight is 295 g/mol. The Bertz CT molecular complexity index is 555. The molecule has 0 saturated heterocycles. The summed E-state index contributed by atoms with van der Waals surface area (Å²) in [5, 5.41) is 4.14. The number of rotatable bonds is 7. The maximum Gasteiger partial charge on any atom is 0.165 e. The topological polar surface area (TPSA) is 36.3 Å². The number of nitrogens with zero attached hydrogens (tertiary/aromatic N) is 2. The molecule has 5 heteroatoms. The van der Waals surface area contributed by atoms with Crippen molar-refractivity contribution < 1.29 is 9.47 Å². The highest BCUT2D eigenvalue weighted by Gasteiger charge is 2.10. The number of aromatic nitrogens is 2. The molecule has 0 atom stereocenters. The summed E-state index contributed by atoms with van der Waals surface area (Å²) in [6, 6.07) is 7.77. The van der Waals surface area contributed by atoms with Crippen molar-refractivity contribution in [1.82, 2.24) is 9.78 Å². The Morgan fingerprint density at radius 3 is 2.75 bits per heavy atom. The van der Waals surface area contributed by atoms with Gasteiger partial charge in [-0.15, -0.1) is 11.6 Å². The lowest BCUT2D eigenvalue weighted by molar-refractivity contribution is 0.276. The fraction of sp³-hybridized carbons (Fsp3) is 0.400. The van der Waals surface area contributed by atoms with Crippen molar-refractivity contribution in [2.75, 3.05) is 13.2 Å². The van der Waals surface area contributed by atoms with Crippen LogP contribution in [0.3, 0.4) is 0 Å². The molecule has 20 heavy (non-hydrogen) atoms. The van der Waals surface area contributed by atoms with Crippen LogP contribution in [0.4, 0.5) is 0 Å². The Balaban J connectivity index is 2.05. The summed E-state index contributed by atoms with van der Waals surface area (Å²) in [4.78, 5) is 0. The lowest BCUT2D eigenvalue weighted by Crippen LogP contribution is -2.08. The maximum atomic E-state index is 5.96. The van der Waals surface area contributed by atoms with Gasteiger partial charge in [-0.25, -0.2) is 0 Å². The molecule has 1 aromatic heterocycles. The maximum absolute atomic E-state index is 5.96. The van der Waals surface area contributed by atoms with Crippen molar-refractivity contribution in [2.45, 2.75) is 19.2 Å². The minimum absolute atomic E-state index is 0.405. The number of hydrogen-bond donors (Lipinski definition) is 0. The lowest BCUT2D eigenvalue weighted by atomic mass is 10.2. The Labute approximate surface area is 124 Å². The highest BCUT2D eigenvalue weighted by Crippen LogP contribution is 2.32. The third-order valence-electron chi connectivity index (χ3n) is 3.03. The van der Waals surface area contributed by atoms with Gasteiger partial charge in [-0.1, -0.05) is 12.1 Å². The number of ether oxygens (including phenoxy) is 2. The molecule has 4 nitrogen and oxygen atoms in total. The van der Waals surface area contributed by atoms with Gasteiger partial charge in [-0.3, -0.25) is 4.68 Å². The van der Waals surface area contributed by atoms with Gasteiger partial charge in [0.15, 0.2) is 11.5 Å². The van der Waals surface area contributed by atoms with Gasteiger partial charge in [0.1, 0.15) is 0 Å². The van der Waals surface area contributed by atoms with E-state index in [1.54, 1.807) is 6.20 Å². The fourth-order valence-electron chi connectivity index (χ4n) is 2.00. The molecule has 0 saturated carbocycles. The highest BCUT2D eigenvalue weighted by molar-refractivity contribution is 6.17. The molecule has 1 aromatic carbocycles. The molecule has 0 unspecified atom stereocenters. The molecule has 0 bridgehead atoms. The van der Waals surface area contributed by atoms with Crippen LogP contribution in [-0.4, -0.2) is 23.0 Å². The second kappa shape index (κ2) is 7.20. The zero-order chi connectivity index (χ0) is 14.4. The van der Waals surface area contributed by atoms with Gasteiger partial charge in [0.2, 0.25) is 0 Å². The average Bonchev–Trinajstić information content (AvgIpc) is 2.86. The molecular weight excluding hydrogens is 276 g/mol. The van der Waals surface area contributed by atoms with E-state index in [9.17, 15) is 0 Å². The lowest BCUT2D eigenvalue weighted by Gasteiger charge is -2.14. The van der Waals surface area contributed by atoms with Crippen molar-refractivity contribution in [3.05, 3.63) is 41.7 Å². The number of aryl methyl sites for hydroxylation is 1. The van der Waals surface area contributed by atoms with E-state index in [0.717, 1.165) is 29.2 Å². The largest absolute Gasteiger partial charge is 0.490 e. The number of hydrogen-bond acceptors (Lipinski definition) is 3. The number of benzene rings is 1. The van der Waals surface area contributed by atoms with Crippen molar-refractivity contribution in [2.24, 2.45) is 7.05 Å². The van der Waals surface area contributed by atoms with Crippen LogP contribution in [0.15, 0.2) is 30.5 Å². The number of para-hydroxylation sites is 1. The van der Waals surface area contributed by atoms with Crippen LogP contribution in [-0.2, 0) is 19.3 Å². The van der Waals surface area contributed by atoms with Gasteiger partial charge in [0.05, 0.1) is 19.1 Å². The molecule has 0 N–H and O–H groups in total. The molecule has 0 aliphatic heterocycles. The Kier molecular flexibility index (Phi) is 5.30. The van der Waals surface area contributed by atoms with Gasteiger partial charge in [-0.05, 0) is 19.1 Å². The zero-order valence-electron chi connectivity index (χ0n) is 11.8. The molecule has 1 heterocycles. The molecule has 0 amide bonds. The van der Waals surface area contributed by atoms with E-state index in [1.807, 2.05) is 42.9 Å². The Morgan fingerprint density at radius 2 is 2.10 bits per heavy atom. The SMILES string of the molecule is CCOc1cccc(CCl)c1OCCc1ccnn1C. The smallest absolute Gasteiger partial charge is 0.165 e. The quantitative estimate of drug-likeness (QED) is 0.736. The molecule has 0 spiro atoms. The second-order valence-electron chi connectivity index (χ2n) is 4.36. The fourth-order valence-corrected chi connectivity index (χ4v) is 2.21.